The first-order valence-corrected chi connectivity index (χ1v) is 11.1. The number of Topliss-reactive ketones (excluding diaryl/α,β-unsaturated/α-hetero) is 1. The number of aromatic nitrogens is 2. The minimum absolute atomic E-state index is 0.222. The lowest BCUT2D eigenvalue weighted by atomic mass is 9.72. The van der Waals surface area contributed by atoms with Gasteiger partial charge in [-0.05, 0) is 55.5 Å². The van der Waals surface area contributed by atoms with Gasteiger partial charge < -0.3 is 5.32 Å². The molecule has 1 N–H and O–H groups in total. The molecule has 2 aliphatic heterocycles. The molecule has 0 aliphatic carbocycles. The number of anilines is 2. The largest absolute Gasteiger partial charge is 0.337 e. The van der Waals surface area contributed by atoms with E-state index in [1.807, 2.05) is 6.92 Å². The van der Waals surface area contributed by atoms with Crippen LogP contribution in [0.4, 0.5) is 11.5 Å². The number of hydrogen-bond acceptors (Lipinski definition) is 6. The van der Waals surface area contributed by atoms with E-state index in [1.54, 1.807) is 24.2 Å². The average molecular weight is 397 g/mol. The molecule has 4 rings (SSSR count). The number of hydrogen-bond donors (Lipinski definition) is 1. The van der Waals surface area contributed by atoms with Crippen LogP contribution in [0, 0.1) is 5.41 Å². The maximum absolute atomic E-state index is 12.0. The van der Waals surface area contributed by atoms with E-state index in [9.17, 15) is 4.79 Å². The highest BCUT2D eigenvalue weighted by Crippen LogP contribution is 2.43. The molecule has 148 valence electrons. The molecule has 0 unspecified atom stereocenters. The Morgan fingerprint density at radius 2 is 2.00 bits per heavy atom. The predicted molar refractivity (Wildman–Crippen MR) is 113 cm³/mol. The van der Waals surface area contributed by atoms with E-state index in [0.29, 0.717) is 12.2 Å². The molecule has 2 aliphatic rings. The molecule has 1 saturated heterocycles. The van der Waals surface area contributed by atoms with Crippen LogP contribution < -0.4 is 5.32 Å². The van der Waals surface area contributed by atoms with Crippen molar-refractivity contribution in [1.82, 2.24) is 14.9 Å². The van der Waals surface area contributed by atoms with Gasteiger partial charge in [-0.1, -0.05) is 31.7 Å². The summed E-state index contributed by atoms with van der Waals surface area (Å²) >= 11 is 1.67. The van der Waals surface area contributed by atoms with Gasteiger partial charge in [0.25, 0.3) is 0 Å². The number of ketones is 1. The third-order valence-corrected chi connectivity index (χ3v) is 7.28. The van der Waals surface area contributed by atoms with Gasteiger partial charge in [0.15, 0.2) is 5.82 Å². The summed E-state index contributed by atoms with van der Waals surface area (Å²) in [4.78, 5) is 24.5. The first kappa shape index (κ1) is 19.4. The van der Waals surface area contributed by atoms with Crippen LogP contribution in [-0.4, -0.2) is 33.7 Å². The molecule has 0 bridgehead atoms. The van der Waals surface area contributed by atoms with E-state index in [4.69, 9.17) is 0 Å². The van der Waals surface area contributed by atoms with Crippen molar-refractivity contribution in [3.8, 4) is 0 Å². The second-order valence-corrected chi connectivity index (χ2v) is 9.00. The number of piperidine rings is 1. The number of nitrogens with zero attached hydrogens (tertiary/aromatic N) is 3. The number of fused-ring (bicyclic) bond motifs is 2. The highest BCUT2D eigenvalue weighted by atomic mass is 32.2. The molecule has 5 nitrogen and oxygen atoms in total. The van der Waals surface area contributed by atoms with Crippen molar-refractivity contribution < 1.29 is 4.79 Å². The fourth-order valence-corrected chi connectivity index (χ4v) is 5.10. The SMILES string of the molecule is CCC(=O)CC1(CC)CCN(Cc2ccc3c(c2)Nc2nccnc2S3)CC1. The Balaban J connectivity index is 1.39. The quantitative estimate of drug-likeness (QED) is 0.629. The van der Waals surface area contributed by atoms with Crippen LogP contribution in [0.3, 0.4) is 0 Å². The monoisotopic (exact) mass is 396 g/mol. The number of carbonyl (C=O) groups is 1. The summed E-state index contributed by atoms with van der Waals surface area (Å²) in [6.45, 7) is 7.31. The van der Waals surface area contributed by atoms with Crippen molar-refractivity contribution in [1.29, 1.82) is 0 Å². The van der Waals surface area contributed by atoms with Gasteiger partial charge in [0.1, 0.15) is 10.8 Å². The fourth-order valence-electron chi connectivity index (χ4n) is 4.22. The van der Waals surface area contributed by atoms with Crippen LogP contribution >= 0.6 is 11.8 Å². The van der Waals surface area contributed by atoms with Crippen molar-refractivity contribution in [2.24, 2.45) is 5.41 Å². The molecule has 1 aromatic carbocycles. The number of nitrogens with one attached hydrogen (secondary N) is 1. The Labute approximate surface area is 171 Å². The summed E-state index contributed by atoms with van der Waals surface area (Å²) in [6, 6.07) is 6.64. The Hall–Kier alpha value is -1.92. The summed E-state index contributed by atoms with van der Waals surface area (Å²) in [5.74, 6) is 1.25. The van der Waals surface area contributed by atoms with E-state index in [-0.39, 0.29) is 5.41 Å². The summed E-state index contributed by atoms with van der Waals surface area (Å²) in [6.07, 6.45) is 8.22. The van der Waals surface area contributed by atoms with Crippen molar-refractivity contribution in [3.05, 3.63) is 36.2 Å². The molecule has 0 radical (unpaired) electrons. The minimum atomic E-state index is 0.222. The van der Waals surface area contributed by atoms with Gasteiger partial charge in [-0.2, -0.15) is 0 Å². The standard InChI is InChI=1S/C22H28N4OS/c1-3-17(27)14-22(4-2)7-11-26(12-8-22)15-16-5-6-19-18(13-16)25-20-21(28-19)24-10-9-23-20/h5-6,9-10,13H,3-4,7-8,11-12,14-15H2,1-2H3,(H,23,25). The smallest absolute Gasteiger partial charge is 0.163 e. The summed E-state index contributed by atoms with van der Waals surface area (Å²) < 4.78 is 0. The second kappa shape index (κ2) is 8.21. The molecular formula is C22H28N4OS. The number of likely N-dealkylation sites (tertiary alicyclic amines) is 1. The van der Waals surface area contributed by atoms with Crippen LogP contribution in [0.2, 0.25) is 0 Å². The molecule has 2 aromatic rings. The van der Waals surface area contributed by atoms with Crippen LogP contribution in [0.15, 0.2) is 40.5 Å². The number of benzene rings is 1. The normalized spacial score (nSPS) is 18.1. The Bertz CT molecular complexity index is 861. The van der Waals surface area contributed by atoms with Crippen LogP contribution in [-0.2, 0) is 11.3 Å². The van der Waals surface area contributed by atoms with E-state index >= 15 is 0 Å². The lowest BCUT2D eigenvalue weighted by Gasteiger charge is -2.41. The highest BCUT2D eigenvalue weighted by molar-refractivity contribution is 7.99. The van der Waals surface area contributed by atoms with Crippen molar-refractivity contribution in [2.45, 2.75) is 62.4 Å². The molecule has 28 heavy (non-hydrogen) atoms. The molecule has 6 heteroatoms. The molecule has 0 spiro atoms. The molecule has 0 saturated carbocycles. The van der Waals surface area contributed by atoms with E-state index in [2.05, 4.69) is 45.3 Å². The zero-order chi connectivity index (χ0) is 19.6. The van der Waals surface area contributed by atoms with Gasteiger partial charge in [-0.25, -0.2) is 9.97 Å². The zero-order valence-electron chi connectivity index (χ0n) is 16.7. The van der Waals surface area contributed by atoms with E-state index < -0.39 is 0 Å². The minimum Gasteiger partial charge on any atom is -0.337 e. The first-order chi connectivity index (χ1) is 13.6. The Kier molecular flexibility index (Phi) is 5.69. The number of carbonyl (C=O) groups excluding carboxylic acids is 1. The Morgan fingerprint density at radius 1 is 1.21 bits per heavy atom. The van der Waals surface area contributed by atoms with Gasteiger partial charge in [-0.3, -0.25) is 9.69 Å². The summed E-state index contributed by atoms with van der Waals surface area (Å²) in [7, 11) is 0. The lowest BCUT2D eigenvalue weighted by Crippen LogP contribution is -2.40. The first-order valence-electron chi connectivity index (χ1n) is 10.2. The third-order valence-electron chi connectivity index (χ3n) is 6.21. The molecule has 0 amide bonds. The van der Waals surface area contributed by atoms with Gasteiger partial charge in [0.05, 0.1) is 5.69 Å². The third kappa shape index (κ3) is 4.08. The van der Waals surface area contributed by atoms with Crippen LogP contribution in [0.25, 0.3) is 0 Å². The van der Waals surface area contributed by atoms with Crippen molar-refractivity contribution in [2.75, 3.05) is 18.4 Å². The maximum Gasteiger partial charge on any atom is 0.163 e. The van der Waals surface area contributed by atoms with Crippen LogP contribution in [0.1, 0.15) is 51.5 Å². The Morgan fingerprint density at radius 3 is 2.75 bits per heavy atom. The van der Waals surface area contributed by atoms with E-state index in [1.165, 1.54) is 10.5 Å². The average Bonchev–Trinajstić information content (AvgIpc) is 2.73. The summed E-state index contributed by atoms with van der Waals surface area (Å²) in [5.41, 5.74) is 2.65. The van der Waals surface area contributed by atoms with Crippen molar-refractivity contribution >= 4 is 29.1 Å². The molecule has 1 aromatic heterocycles. The molecule has 1 fully saturated rings. The van der Waals surface area contributed by atoms with Crippen molar-refractivity contribution in [3.63, 3.8) is 0 Å². The highest BCUT2D eigenvalue weighted by Gasteiger charge is 2.34. The molecule has 0 atom stereocenters. The zero-order valence-corrected chi connectivity index (χ0v) is 17.5. The topological polar surface area (TPSA) is 58.1 Å². The van der Waals surface area contributed by atoms with E-state index in [0.717, 1.165) is 61.8 Å². The van der Waals surface area contributed by atoms with Gasteiger partial charge >= 0.3 is 0 Å². The van der Waals surface area contributed by atoms with Gasteiger partial charge in [0.2, 0.25) is 0 Å². The summed E-state index contributed by atoms with van der Waals surface area (Å²) in [5, 5.41) is 4.35. The second-order valence-electron chi connectivity index (χ2n) is 7.97. The molecule has 3 heterocycles. The van der Waals surface area contributed by atoms with Gasteiger partial charge in [0, 0.05) is 36.7 Å². The lowest BCUT2D eigenvalue weighted by molar-refractivity contribution is -0.122. The molecular weight excluding hydrogens is 368 g/mol. The fraction of sp³-hybridized carbons (Fsp3) is 0.500. The van der Waals surface area contributed by atoms with Crippen LogP contribution in [0.5, 0.6) is 0 Å². The predicted octanol–water partition coefficient (Wildman–Crippen LogP) is 5.05. The number of rotatable bonds is 6. The van der Waals surface area contributed by atoms with Gasteiger partial charge in [-0.15, -0.1) is 0 Å². The maximum atomic E-state index is 12.0.